The number of aliphatic hydroxyl groups excluding tert-OH is 1. The number of aryl methyl sites for hydroxylation is 1. The average Bonchev–Trinajstić information content (AvgIpc) is 2.51. The Morgan fingerprint density at radius 2 is 1.96 bits per heavy atom. The van der Waals surface area contributed by atoms with Crippen LogP contribution in [-0.2, 0) is 4.79 Å². The molecule has 1 unspecified atom stereocenters. The molecule has 0 aliphatic heterocycles. The molecule has 0 bridgehead atoms. The van der Waals surface area contributed by atoms with Gasteiger partial charge in [0.25, 0.3) is 0 Å². The number of hydrogen-bond acceptors (Lipinski definition) is 3. The minimum absolute atomic E-state index is 0.237. The summed E-state index contributed by atoms with van der Waals surface area (Å²) in [6.07, 6.45) is -0.443. The third kappa shape index (κ3) is 5.27. The highest BCUT2D eigenvalue weighted by Crippen LogP contribution is 2.22. The number of halogens is 1. The molecule has 0 saturated heterocycles. The molecule has 0 heterocycles. The van der Waals surface area contributed by atoms with Gasteiger partial charge in [-0.05, 0) is 42.3 Å². The van der Waals surface area contributed by atoms with Crippen LogP contribution in [0.15, 0.2) is 48.5 Å². The zero-order valence-electron chi connectivity index (χ0n) is 13.1. The smallest absolute Gasteiger partial charge is 0.219 e. The van der Waals surface area contributed by atoms with Crippen LogP contribution in [0.5, 0.6) is 0 Å². The molecule has 0 aliphatic carbocycles. The number of anilines is 1. The summed E-state index contributed by atoms with van der Waals surface area (Å²) in [6.45, 7) is 2.84. The van der Waals surface area contributed by atoms with Crippen molar-refractivity contribution in [2.45, 2.75) is 19.4 Å². The third-order valence-electron chi connectivity index (χ3n) is 3.64. The second-order valence-corrected chi connectivity index (χ2v) is 6.01. The molecule has 0 saturated carbocycles. The Bertz CT molecular complexity index is 658. The van der Waals surface area contributed by atoms with Crippen LogP contribution in [0.4, 0.5) is 5.69 Å². The lowest BCUT2D eigenvalue weighted by molar-refractivity contribution is -0.117. The van der Waals surface area contributed by atoms with Gasteiger partial charge in [-0.25, -0.2) is 0 Å². The average molecular weight is 333 g/mol. The van der Waals surface area contributed by atoms with E-state index in [4.69, 9.17) is 17.3 Å². The van der Waals surface area contributed by atoms with Gasteiger partial charge in [0.05, 0.1) is 6.10 Å². The predicted molar refractivity (Wildman–Crippen MR) is 93.6 cm³/mol. The lowest BCUT2D eigenvalue weighted by atomic mass is 10.1. The molecule has 0 aliphatic rings. The Morgan fingerprint density at radius 1 is 1.26 bits per heavy atom. The van der Waals surface area contributed by atoms with Gasteiger partial charge in [0.15, 0.2) is 0 Å². The van der Waals surface area contributed by atoms with Gasteiger partial charge in [-0.3, -0.25) is 4.79 Å². The van der Waals surface area contributed by atoms with Crippen LogP contribution in [0.3, 0.4) is 0 Å². The van der Waals surface area contributed by atoms with Crippen molar-refractivity contribution in [3.8, 4) is 0 Å². The van der Waals surface area contributed by atoms with Crippen molar-refractivity contribution in [3.05, 3.63) is 64.7 Å². The summed E-state index contributed by atoms with van der Waals surface area (Å²) in [5.74, 6) is -0.358. The van der Waals surface area contributed by atoms with Crippen molar-refractivity contribution in [1.82, 2.24) is 0 Å². The van der Waals surface area contributed by atoms with E-state index in [1.54, 1.807) is 24.3 Å². The van der Waals surface area contributed by atoms with Crippen molar-refractivity contribution in [2.75, 3.05) is 18.0 Å². The number of primary amides is 1. The van der Waals surface area contributed by atoms with E-state index in [1.165, 1.54) is 0 Å². The lowest BCUT2D eigenvalue weighted by Crippen LogP contribution is -2.32. The maximum Gasteiger partial charge on any atom is 0.219 e. The number of aliphatic hydroxyl groups is 1. The predicted octanol–water partition coefficient (Wildman–Crippen LogP) is 3.06. The number of nitrogens with two attached hydrogens (primary N) is 1. The van der Waals surface area contributed by atoms with Gasteiger partial charge in [0, 0.05) is 30.2 Å². The van der Waals surface area contributed by atoms with Gasteiger partial charge in [0.2, 0.25) is 5.91 Å². The first-order valence-corrected chi connectivity index (χ1v) is 7.87. The van der Waals surface area contributed by atoms with Crippen LogP contribution >= 0.6 is 11.6 Å². The number of nitrogens with zero attached hydrogens (tertiary/aromatic N) is 1. The molecule has 5 heteroatoms. The molecule has 3 N–H and O–H groups in total. The molecule has 0 radical (unpaired) electrons. The van der Waals surface area contributed by atoms with E-state index in [0.29, 0.717) is 18.1 Å². The summed E-state index contributed by atoms with van der Waals surface area (Å²) in [5.41, 5.74) is 8.12. The minimum Gasteiger partial charge on any atom is -0.387 e. The summed E-state index contributed by atoms with van der Waals surface area (Å²) < 4.78 is 0. The largest absolute Gasteiger partial charge is 0.387 e. The summed E-state index contributed by atoms with van der Waals surface area (Å²) in [4.78, 5) is 13.1. The number of hydrogen-bond donors (Lipinski definition) is 2. The van der Waals surface area contributed by atoms with E-state index < -0.39 is 6.10 Å². The Hall–Kier alpha value is -2.04. The highest BCUT2D eigenvalue weighted by Gasteiger charge is 2.15. The van der Waals surface area contributed by atoms with E-state index in [-0.39, 0.29) is 12.3 Å². The summed E-state index contributed by atoms with van der Waals surface area (Å²) in [6, 6.07) is 15.0. The van der Waals surface area contributed by atoms with Gasteiger partial charge in [-0.2, -0.15) is 0 Å². The topological polar surface area (TPSA) is 66.6 Å². The van der Waals surface area contributed by atoms with Crippen molar-refractivity contribution in [1.29, 1.82) is 0 Å². The van der Waals surface area contributed by atoms with E-state index in [2.05, 4.69) is 0 Å². The number of amides is 1. The quantitative estimate of drug-likeness (QED) is 0.819. The van der Waals surface area contributed by atoms with Crippen LogP contribution in [0.1, 0.15) is 23.7 Å². The first kappa shape index (κ1) is 17.3. The number of carbonyl (C=O) groups excluding carboxylic acids is 1. The summed E-state index contributed by atoms with van der Waals surface area (Å²) in [7, 11) is 0. The second kappa shape index (κ2) is 7.99. The highest BCUT2D eigenvalue weighted by molar-refractivity contribution is 6.30. The zero-order chi connectivity index (χ0) is 16.8. The Labute approximate surface area is 141 Å². The molecule has 122 valence electrons. The van der Waals surface area contributed by atoms with Crippen LogP contribution in [0.25, 0.3) is 0 Å². The fraction of sp³-hybridized carbons (Fsp3) is 0.278. The standard InChI is InChI=1S/C18H21ClN2O2/c1-13-3-2-4-16(11-13)21(10-9-18(20)23)12-17(22)14-5-7-15(19)8-6-14/h2-8,11,17,22H,9-10,12H2,1H3,(H2,20,23). The van der Waals surface area contributed by atoms with Gasteiger partial charge in [0.1, 0.15) is 0 Å². The normalized spacial score (nSPS) is 12.0. The molecule has 4 nitrogen and oxygen atoms in total. The van der Waals surface area contributed by atoms with Gasteiger partial charge in [-0.1, -0.05) is 35.9 Å². The van der Waals surface area contributed by atoms with Crippen molar-refractivity contribution in [2.24, 2.45) is 5.73 Å². The fourth-order valence-corrected chi connectivity index (χ4v) is 2.52. The fourth-order valence-electron chi connectivity index (χ4n) is 2.39. The lowest BCUT2D eigenvalue weighted by Gasteiger charge is -2.27. The number of rotatable bonds is 7. The number of benzene rings is 2. The van der Waals surface area contributed by atoms with Gasteiger partial charge < -0.3 is 15.7 Å². The molecule has 0 fully saturated rings. The maximum atomic E-state index is 11.1. The third-order valence-corrected chi connectivity index (χ3v) is 3.90. The van der Waals surface area contributed by atoms with E-state index in [9.17, 15) is 9.90 Å². The van der Waals surface area contributed by atoms with E-state index >= 15 is 0 Å². The van der Waals surface area contributed by atoms with Crippen LogP contribution < -0.4 is 10.6 Å². The first-order chi connectivity index (χ1) is 11.0. The Morgan fingerprint density at radius 3 is 2.57 bits per heavy atom. The number of carbonyl (C=O) groups is 1. The molecule has 23 heavy (non-hydrogen) atoms. The zero-order valence-corrected chi connectivity index (χ0v) is 13.8. The molecule has 1 atom stereocenters. The molecule has 1 amide bonds. The Kier molecular flexibility index (Phi) is 6.02. The molecule has 2 rings (SSSR count). The van der Waals surface area contributed by atoms with Crippen LogP contribution in [0, 0.1) is 6.92 Å². The molecule has 0 aromatic heterocycles. The van der Waals surface area contributed by atoms with Crippen LogP contribution in [0.2, 0.25) is 5.02 Å². The summed E-state index contributed by atoms with van der Waals surface area (Å²) >= 11 is 5.88. The van der Waals surface area contributed by atoms with Crippen molar-refractivity contribution < 1.29 is 9.90 Å². The highest BCUT2D eigenvalue weighted by atomic mass is 35.5. The monoisotopic (exact) mass is 332 g/mol. The molecule has 2 aromatic carbocycles. The molecule has 2 aromatic rings. The maximum absolute atomic E-state index is 11.1. The van der Waals surface area contributed by atoms with E-state index in [1.807, 2.05) is 36.1 Å². The summed E-state index contributed by atoms with van der Waals surface area (Å²) in [5, 5.41) is 11.1. The first-order valence-electron chi connectivity index (χ1n) is 7.49. The second-order valence-electron chi connectivity index (χ2n) is 5.57. The SMILES string of the molecule is Cc1cccc(N(CCC(N)=O)CC(O)c2ccc(Cl)cc2)c1. The van der Waals surface area contributed by atoms with Gasteiger partial charge in [-0.15, -0.1) is 0 Å². The van der Waals surface area contributed by atoms with Crippen molar-refractivity contribution >= 4 is 23.2 Å². The Balaban J connectivity index is 2.16. The van der Waals surface area contributed by atoms with E-state index in [0.717, 1.165) is 16.8 Å². The van der Waals surface area contributed by atoms with Gasteiger partial charge >= 0.3 is 0 Å². The minimum atomic E-state index is -0.680. The van der Waals surface area contributed by atoms with Crippen molar-refractivity contribution in [3.63, 3.8) is 0 Å². The van der Waals surface area contributed by atoms with Crippen LogP contribution in [-0.4, -0.2) is 24.1 Å². The molecular formula is C18H21ClN2O2. The molecule has 0 spiro atoms. The molecular weight excluding hydrogens is 312 g/mol.